The minimum Gasteiger partial charge on any atom is -0.496 e. The van der Waals surface area contributed by atoms with E-state index < -0.39 is 17.9 Å². The topological polar surface area (TPSA) is 95.5 Å². The molecule has 0 radical (unpaired) electrons. The summed E-state index contributed by atoms with van der Waals surface area (Å²) in [6, 6.07) is 19.6. The van der Waals surface area contributed by atoms with Crippen LogP contribution in [0.5, 0.6) is 11.5 Å². The fourth-order valence-corrected chi connectivity index (χ4v) is 4.21. The Kier molecular flexibility index (Phi) is 9.97. The highest BCUT2D eigenvalue weighted by Crippen LogP contribution is 2.38. The van der Waals surface area contributed by atoms with Crippen molar-refractivity contribution < 1.29 is 28.6 Å². The molecule has 0 saturated carbocycles. The number of hydrogen-bond donors (Lipinski definition) is 1. The summed E-state index contributed by atoms with van der Waals surface area (Å²) < 4.78 is 16.0. The Hall–Kier alpha value is -3.98. The molecule has 0 unspecified atom stereocenters. The highest BCUT2D eigenvalue weighted by atomic mass is 32.2. The molecule has 1 atom stereocenters. The van der Waals surface area contributed by atoms with E-state index in [0.29, 0.717) is 17.1 Å². The van der Waals surface area contributed by atoms with E-state index in [0.717, 1.165) is 21.6 Å². The largest absolute Gasteiger partial charge is 0.496 e. The van der Waals surface area contributed by atoms with E-state index in [4.69, 9.17) is 19.0 Å². The summed E-state index contributed by atoms with van der Waals surface area (Å²) in [6.45, 7) is 0. The van der Waals surface area contributed by atoms with Gasteiger partial charge in [-0.05, 0) is 41.6 Å². The summed E-state index contributed by atoms with van der Waals surface area (Å²) in [4.78, 5) is 31.6. The number of hydrogen-bond acceptors (Lipinski definition) is 8. The maximum Gasteiger partial charge on any atom is 0.328 e. The predicted molar refractivity (Wildman–Crippen MR) is 144 cm³/mol. The fourth-order valence-electron chi connectivity index (χ4n) is 3.81. The number of methoxy groups -OCH3 is 3. The second-order valence-corrected chi connectivity index (χ2v) is 8.72. The molecule has 0 heterocycles. The van der Waals surface area contributed by atoms with Gasteiger partial charge in [0.25, 0.3) is 5.91 Å². The number of oxime groups is 1. The third-order valence-corrected chi connectivity index (χ3v) is 6.41. The molecule has 1 amide bonds. The van der Waals surface area contributed by atoms with Crippen LogP contribution in [-0.4, -0.2) is 58.3 Å². The summed E-state index contributed by atoms with van der Waals surface area (Å²) in [5.41, 5.74) is 3.16. The smallest absolute Gasteiger partial charge is 0.328 e. The second kappa shape index (κ2) is 13.4. The highest BCUT2D eigenvalue weighted by molar-refractivity contribution is 7.98. The van der Waals surface area contributed by atoms with E-state index in [-0.39, 0.29) is 12.1 Å². The van der Waals surface area contributed by atoms with E-state index in [1.54, 1.807) is 38.1 Å². The molecule has 0 bridgehead atoms. The minimum atomic E-state index is -0.934. The van der Waals surface area contributed by atoms with Crippen molar-refractivity contribution in [2.45, 2.75) is 17.4 Å². The summed E-state index contributed by atoms with van der Waals surface area (Å²) >= 11 is 1.59. The molecular weight excluding hydrogens is 492 g/mol. The van der Waals surface area contributed by atoms with Crippen LogP contribution < -0.4 is 14.8 Å². The van der Waals surface area contributed by atoms with Crippen LogP contribution in [0.4, 0.5) is 0 Å². The monoisotopic (exact) mass is 522 g/mol. The maximum absolute atomic E-state index is 13.1. The van der Waals surface area contributed by atoms with Gasteiger partial charge in [-0.2, -0.15) is 0 Å². The van der Waals surface area contributed by atoms with Gasteiger partial charge >= 0.3 is 5.97 Å². The van der Waals surface area contributed by atoms with Crippen LogP contribution in [-0.2, 0) is 25.6 Å². The summed E-state index contributed by atoms with van der Waals surface area (Å²) in [6.07, 6.45) is 2.18. The van der Waals surface area contributed by atoms with Gasteiger partial charge in [-0.15, -0.1) is 11.8 Å². The molecular formula is C28H30N2O6S. The lowest BCUT2D eigenvalue weighted by Crippen LogP contribution is -2.46. The van der Waals surface area contributed by atoms with E-state index in [1.165, 1.54) is 14.2 Å². The maximum atomic E-state index is 13.1. The van der Waals surface area contributed by atoms with Gasteiger partial charge in [0.15, 0.2) is 5.71 Å². The lowest BCUT2D eigenvalue weighted by Gasteiger charge is -2.18. The number of ether oxygens (including phenoxy) is 3. The second-order valence-electron chi connectivity index (χ2n) is 7.84. The quantitative estimate of drug-likeness (QED) is 0.173. The zero-order valence-corrected chi connectivity index (χ0v) is 22.3. The molecule has 0 aliphatic carbocycles. The van der Waals surface area contributed by atoms with Crippen molar-refractivity contribution in [3.05, 3.63) is 77.9 Å². The highest BCUT2D eigenvalue weighted by Gasteiger charge is 2.26. The molecule has 9 heteroatoms. The van der Waals surface area contributed by atoms with Crippen molar-refractivity contribution in [3.63, 3.8) is 0 Å². The summed E-state index contributed by atoms with van der Waals surface area (Å²) in [5, 5.41) is 6.64. The average molecular weight is 523 g/mol. The Labute approximate surface area is 220 Å². The number of nitrogens with one attached hydrogen (secondary N) is 1. The Bertz CT molecular complexity index is 1220. The number of esters is 1. The van der Waals surface area contributed by atoms with Crippen molar-refractivity contribution in [2.24, 2.45) is 5.16 Å². The Morgan fingerprint density at radius 2 is 1.51 bits per heavy atom. The molecule has 3 rings (SSSR count). The molecule has 3 aromatic rings. The number of carbonyl (C=O) groups is 2. The van der Waals surface area contributed by atoms with Gasteiger partial charge in [-0.25, -0.2) is 4.79 Å². The molecule has 1 N–H and O–H groups in total. The zero-order valence-electron chi connectivity index (χ0n) is 21.4. The molecule has 3 aromatic carbocycles. The van der Waals surface area contributed by atoms with Gasteiger partial charge in [-0.3, -0.25) is 4.79 Å². The van der Waals surface area contributed by atoms with Crippen molar-refractivity contribution in [1.29, 1.82) is 0 Å². The van der Waals surface area contributed by atoms with E-state index in [2.05, 4.69) is 10.5 Å². The number of rotatable bonds is 11. The third kappa shape index (κ3) is 6.83. The lowest BCUT2D eigenvalue weighted by molar-refractivity contribution is -0.144. The van der Waals surface area contributed by atoms with E-state index in [1.807, 2.05) is 60.9 Å². The number of benzene rings is 3. The van der Waals surface area contributed by atoms with Gasteiger partial charge in [0.1, 0.15) is 24.7 Å². The van der Waals surface area contributed by atoms with Crippen LogP contribution in [0.2, 0.25) is 0 Å². The van der Waals surface area contributed by atoms with Crippen LogP contribution >= 0.6 is 11.8 Å². The normalized spacial score (nSPS) is 11.9. The van der Waals surface area contributed by atoms with Crippen molar-refractivity contribution >= 4 is 29.4 Å². The summed E-state index contributed by atoms with van der Waals surface area (Å²) in [7, 11) is 5.85. The van der Waals surface area contributed by atoms with Crippen LogP contribution in [0.15, 0.2) is 76.8 Å². The van der Waals surface area contributed by atoms with Gasteiger partial charge in [-0.1, -0.05) is 47.6 Å². The molecule has 8 nitrogen and oxygen atoms in total. The van der Waals surface area contributed by atoms with E-state index >= 15 is 0 Å². The first-order chi connectivity index (χ1) is 17.9. The molecule has 194 valence electrons. The molecule has 0 saturated heterocycles. The Morgan fingerprint density at radius 1 is 0.892 bits per heavy atom. The fraction of sp³-hybridized carbons (Fsp3) is 0.250. The lowest BCUT2D eigenvalue weighted by atomic mass is 9.99. The zero-order chi connectivity index (χ0) is 26.8. The molecule has 0 aliphatic heterocycles. The number of thioether (sulfide) groups is 1. The summed E-state index contributed by atoms with van der Waals surface area (Å²) in [5.74, 6) is 0.243. The first-order valence-corrected chi connectivity index (χ1v) is 12.6. The first-order valence-electron chi connectivity index (χ1n) is 11.4. The first kappa shape index (κ1) is 27.6. The van der Waals surface area contributed by atoms with Gasteiger partial charge in [0, 0.05) is 16.9 Å². The van der Waals surface area contributed by atoms with Crippen molar-refractivity contribution in [2.75, 3.05) is 34.7 Å². The van der Waals surface area contributed by atoms with E-state index in [9.17, 15) is 9.59 Å². The Morgan fingerprint density at radius 3 is 2.03 bits per heavy atom. The van der Waals surface area contributed by atoms with Crippen LogP contribution in [0.25, 0.3) is 11.1 Å². The Balaban J connectivity index is 1.83. The molecule has 0 spiro atoms. The molecule has 0 fully saturated rings. The predicted octanol–water partition coefficient (Wildman–Crippen LogP) is 4.34. The van der Waals surface area contributed by atoms with Crippen LogP contribution in [0, 0.1) is 0 Å². The SMILES string of the molecule is CON=C(C(=O)N[C@@H](Cc1ccc(-c2c(OC)cccc2OC)cc1)C(=O)OC)c1ccc(SC)cc1. The number of nitrogens with zero attached hydrogens (tertiary/aromatic N) is 1. The van der Waals surface area contributed by atoms with Crippen LogP contribution in [0.1, 0.15) is 11.1 Å². The standard InChI is InChI=1S/C28H30N2O6S/c1-33-23-7-6-8-24(34-2)25(23)19-11-9-18(10-12-19)17-22(28(32)35-3)29-27(31)26(30-36-4)20-13-15-21(37-5)16-14-20/h6-16,22H,17H2,1-5H3,(H,29,31)/t22-/m0/s1. The molecule has 0 aromatic heterocycles. The number of amides is 1. The minimum absolute atomic E-state index is 0.0580. The van der Waals surface area contributed by atoms with Crippen molar-refractivity contribution in [1.82, 2.24) is 5.32 Å². The average Bonchev–Trinajstić information content (AvgIpc) is 2.95. The van der Waals surface area contributed by atoms with Gasteiger partial charge in [0.05, 0.1) is 26.9 Å². The van der Waals surface area contributed by atoms with Gasteiger partial charge in [0.2, 0.25) is 0 Å². The number of carbonyl (C=O) groups excluding carboxylic acids is 2. The molecule has 37 heavy (non-hydrogen) atoms. The third-order valence-electron chi connectivity index (χ3n) is 5.66. The van der Waals surface area contributed by atoms with Gasteiger partial charge < -0.3 is 24.4 Å². The molecule has 0 aliphatic rings. The van der Waals surface area contributed by atoms with Crippen molar-refractivity contribution in [3.8, 4) is 22.6 Å². The van der Waals surface area contributed by atoms with Crippen LogP contribution in [0.3, 0.4) is 0 Å².